The molecule has 1 atom stereocenters. The minimum absolute atomic E-state index is 0. The van der Waals surface area contributed by atoms with Crippen LogP contribution in [0.3, 0.4) is 0 Å². The molecule has 0 fully saturated rings. The number of hydrogen-bond acceptors (Lipinski definition) is 2. The van der Waals surface area contributed by atoms with Crippen molar-refractivity contribution in [2.24, 2.45) is 5.73 Å². The van der Waals surface area contributed by atoms with Crippen molar-refractivity contribution < 1.29 is 0 Å². The normalized spacial score (nSPS) is 11.7. The Bertz CT molecular complexity index is 321. The van der Waals surface area contributed by atoms with Gasteiger partial charge in [-0.3, -0.25) is 0 Å². The molecule has 2 N–H and O–H groups in total. The van der Waals surface area contributed by atoms with Gasteiger partial charge in [-0.1, -0.05) is 24.6 Å². The van der Waals surface area contributed by atoms with E-state index in [-0.39, 0.29) is 18.4 Å². The molecular weight excluding hydrogens is 238 g/mol. The summed E-state index contributed by atoms with van der Waals surface area (Å²) in [5, 5.41) is 0. The molecule has 0 saturated carbocycles. The molecule has 1 nitrogen and oxygen atoms in total. The van der Waals surface area contributed by atoms with Crippen LogP contribution in [0.1, 0.15) is 31.9 Å². The highest BCUT2D eigenvalue weighted by atomic mass is 35.5. The average Bonchev–Trinajstić information content (AvgIpc) is 2.18. The highest BCUT2D eigenvalue weighted by Crippen LogP contribution is 2.22. The van der Waals surface area contributed by atoms with Crippen molar-refractivity contribution in [3.05, 3.63) is 42.0 Å². The van der Waals surface area contributed by atoms with Crippen LogP contribution >= 0.6 is 24.2 Å². The molecule has 0 heterocycles. The molecule has 0 aliphatic heterocycles. The first-order chi connectivity index (χ1) is 7.13. The van der Waals surface area contributed by atoms with Crippen molar-refractivity contribution in [3.8, 4) is 0 Å². The van der Waals surface area contributed by atoms with E-state index in [9.17, 15) is 0 Å². The summed E-state index contributed by atoms with van der Waals surface area (Å²) in [6.07, 6.45) is 0.861. The fraction of sp³-hybridized carbons (Fsp3) is 0.385. The number of thioether (sulfide) groups is 1. The van der Waals surface area contributed by atoms with Crippen LogP contribution in [0.25, 0.3) is 0 Å². The Labute approximate surface area is 109 Å². The van der Waals surface area contributed by atoms with Gasteiger partial charge < -0.3 is 5.73 Å². The Balaban J connectivity index is 0.00000225. The van der Waals surface area contributed by atoms with Crippen molar-refractivity contribution >= 4 is 24.2 Å². The molecule has 0 saturated heterocycles. The Hall–Kier alpha value is -0.440. The number of rotatable bonds is 5. The molecule has 0 spiro atoms. The molecular formula is C13H20ClNS. The number of benzene rings is 1. The summed E-state index contributed by atoms with van der Waals surface area (Å²) in [4.78, 5) is 1.31. The van der Waals surface area contributed by atoms with E-state index < -0.39 is 0 Å². The first-order valence-electron chi connectivity index (χ1n) is 5.26. The lowest BCUT2D eigenvalue weighted by Crippen LogP contribution is -2.10. The molecule has 90 valence electrons. The lowest BCUT2D eigenvalue weighted by atomic mass is 10.0. The molecule has 3 heteroatoms. The number of nitrogens with two attached hydrogens (primary N) is 1. The van der Waals surface area contributed by atoms with Crippen molar-refractivity contribution in [2.75, 3.05) is 5.75 Å². The molecule has 1 aromatic carbocycles. The van der Waals surface area contributed by atoms with Crippen LogP contribution < -0.4 is 5.73 Å². The molecule has 0 radical (unpaired) electrons. The van der Waals surface area contributed by atoms with Crippen LogP contribution in [0.2, 0.25) is 0 Å². The Morgan fingerprint density at radius 2 is 1.94 bits per heavy atom. The SMILES string of the molecule is C=C(C)C[C@@H](N)c1ccc(SCC)cc1.Cl. The second-order valence-corrected chi connectivity index (χ2v) is 5.11. The maximum Gasteiger partial charge on any atom is 0.0332 e. The molecule has 1 rings (SSSR count). The monoisotopic (exact) mass is 257 g/mol. The van der Waals surface area contributed by atoms with Crippen LogP contribution in [0.5, 0.6) is 0 Å². The zero-order valence-electron chi connectivity index (χ0n) is 9.90. The standard InChI is InChI=1S/C13H19NS.ClH/c1-4-15-12-7-5-11(6-8-12)13(14)9-10(2)3;/h5-8,13H,2,4,9,14H2,1,3H3;1H/t13-;/m1./s1. The molecule has 1 aromatic rings. The van der Waals surface area contributed by atoms with E-state index in [4.69, 9.17) is 5.73 Å². The van der Waals surface area contributed by atoms with Gasteiger partial charge >= 0.3 is 0 Å². The van der Waals surface area contributed by atoms with E-state index >= 15 is 0 Å². The highest BCUT2D eigenvalue weighted by molar-refractivity contribution is 7.99. The van der Waals surface area contributed by atoms with Gasteiger partial charge in [0.1, 0.15) is 0 Å². The maximum absolute atomic E-state index is 6.05. The quantitative estimate of drug-likeness (QED) is 0.632. The molecule has 0 aliphatic rings. The van der Waals surface area contributed by atoms with Gasteiger partial charge in [0.05, 0.1) is 0 Å². The predicted molar refractivity (Wildman–Crippen MR) is 76.4 cm³/mol. The van der Waals surface area contributed by atoms with Crippen molar-refractivity contribution in [1.82, 2.24) is 0 Å². The molecule has 16 heavy (non-hydrogen) atoms. The molecule has 0 amide bonds. The van der Waals surface area contributed by atoms with Gasteiger partial charge in [0.2, 0.25) is 0 Å². The van der Waals surface area contributed by atoms with Gasteiger partial charge in [0, 0.05) is 10.9 Å². The minimum atomic E-state index is 0. The largest absolute Gasteiger partial charge is 0.324 e. The van der Waals surface area contributed by atoms with Gasteiger partial charge in [-0.15, -0.1) is 30.7 Å². The summed E-state index contributed by atoms with van der Waals surface area (Å²) in [7, 11) is 0. The van der Waals surface area contributed by atoms with Crippen LogP contribution in [0.4, 0.5) is 0 Å². The highest BCUT2D eigenvalue weighted by Gasteiger charge is 2.05. The zero-order valence-corrected chi connectivity index (χ0v) is 11.5. The summed E-state index contributed by atoms with van der Waals surface area (Å²) in [5.41, 5.74) is 8.38. The smallest absolute Gasteiger partial charge is 0.0332 e. The first-order valence-corrected chi connectivity index (χ1v) is 6.24. The molecule has 0 bridgehead atoms. The number of hydrogen-bond donors (Lipinski definition) is 1. The van der Waals surface area contributed by atoms with Gasteiger partial charge in [-0.25, -0.2) is 0 Å². The third-order valence-corrected chi connectivity index (χ3v) is 3.08. The van der Waals surface area contributed by atoms with E-state index in [0.717, 1.165) is 17.7 Å². The lowest BCUT2D eigenvalue weighted by molar-refractivity contribution is 0.716. The van der Waals surface area contributed by atoms with Gasteiger partial charge in [-0.05, 0) is 36.8 Å². The van der Waals surface area contributed by atoms with Crippen molar-refractivity contribution in [2.45, 2.75) is 31.2 Å². The predicted octanol–water partition coefficient (Wildman–Crippen LogP) is 4.19. The van der Waals surface area contributed by atoms with Crippen molar-refractivity contribution in [1.29, 1.82) is 0 Å². The average molecular weight is 258 g/mol. The first kappa shape index (κ1) is 15.6. The van der Waals surface area contributed by atoms with Gasteiger partial charge in [0.25, 0.3) is 0 Å². The summed E-state index contributed by atoms with van der Waals surface area (Å²) in [6, 6.07) is 8.60. The summed E-state index contributed by atoms with van der Waals surface area (Å²) < 4.78 is 0. The fourth-order valence-electron chi connectivity index (χ4n) is 1.47. The molecule has 0 aliphatic carbocycles. The topological polar surface area (TPSA) is 26.0 Å². The van der Waals surface area contributed by atoms with Crippen molar-refractivity contribution in [3.63, 3.8) is 0 Å². The zero-order chi connectivity index (χ0) is 11.3. The van der Waals surface area contributed by atoms with E-state index in [2.05, 4.69) is 37.8 Å². The Morgan fingerprint density at radius 3 is 2.38 bits per heavy atom. The van der Waals surface area contributed by atoms with Gasteiger partial charge in [0.15, 0.2) is 0 Å². The van der Waals surface area contributed by atoms with E-state index in [1.165, 1.54) is 10.5 Å². The Morgan fingerprint density at radius 1 is 1.38 bits per heavy atom. The van der Waals surface area contributed by atoms with E-state index in [1.54, 1.807) is 0 Å². The number of halogens is 1. The molecule has 0 aromatic heterocycles. The second kappa shape index (κ2) is 7.77. The van der Waals surface area contributed by atoms with Crippen LogP contribution in [-0.2, 0) is 0 Å². The third kappa shape index (κ3) is 5.06. The lowest BCUT2D eigenvalue weighted by Gasteiger charge is -2.12. The second-order valence-electron chi connectivity index (χ2n) is 3.77. The van der Waals surface area contributed by atoms with E-state index in [1.807, 2.05) is 18.7 Å². The van der Waals surface area contributed by atoms with Gasteiger partial charge in [-0.2, -0.15) is 0 Å². The maximum atomic E-state index is 6.05. The Kier molecular flexibility index (Phi) is 7.56. The fourth-order valence-corrected chi connectivity index (χ4v) is 2.13. The summed E-state index contributed by atoms with van der Waals surface area (Å²) in [5.74, 6) is 1.11. The van der Waals surface area contributed by atoms with Crippen LogP contribution in [0, 0.1) is 0 Å². The van der Waals surface area contributed by atoms with E-state index in [0.29, 0.717) is 0 Å². The van der Waals surface area contributed by atoms with Crippen LogP contribution in [-0.4, -0.2) is 5.75 Å². The summed E-state index contributed by atoms with van der Waals surface area (Å²) >= 11 is 1.85. The summed E-state index contributed by atoms with van der Waals surface area (Å²) in [6.45, 7) is 8.06. The van der Waals surface area contributed by atoms with Crippen LogP contribution in [0.15, 0.2) is 41.3 Å². The third-order valence-electron chi connectivity index (χ3n) is 2.19. The molecule has 0 unspecified atom stereocenters. The minimum Gasteiger partial charge on any atom is -0.324 e.